The smallest absolute Gasteiger partial charge is 0.387 e. The van der Waals surface area contributed by atoms with Gasteiger partial charge in [0.15, 0.2) is 0 Å². The Hall–Kier alpha value is -2.16. The highest BCUT2D eigenvalue weighted by atomic mass is 19.3. The summed E-state index contributed by atoms with van der Waals surface area (Å²) in [5.74, 6) is -1.37. The van der Waals surface area contributed by atoms with E-state index in [2.05, 4.69) is 4.74 Å². The molecule has 0 aliphatic heterocycles. The van der Waals surface area contributed by atoms with Crippen LogP contribution in [-0.2, 0) is 17.6 Å². The Bertz CT molecular complexity index is 495. The molecule has 0 spiro atoms. The minimum absolute atomic E-state index is 0.142. The molecule has 1 aromatic rings. The molecule has 0 atom stereocenters. The quantitative estimate of drug-likeness (QED) is 0.876. The lowest BCUT2D eigenvalue weighted by atomic mass is 9.99. The van der Waals surface area contributed by atoms with E-state index < -0.39 is 19.0 Å². The molecular formula is C12H11F2NO3. The van der Waals surface area contributed by atoms with Gasteiger partial charge in [-0.05, 0) is 17.5 Å². The second kappa shape index (κ2) is 5.96. The fourth-order valence-electron chi connectivity index (χ4n) is 1.60. The summed E-state index contributed by atoms with van der Waals surface area (Å²) in [5.41, 5.74) is 0.468. The number of aryl methyl sites for hydroxylation is 1. The van der Waals surface area contributed by atoms with E-state index in [-0.39, 0.29) is 16.9 Å². The van der Waals surface area contributed by atoms with Crippen molar-refractivity contribution in [1.29, 1.82) is 5.26 Å². The number of ether oxygens (including phenoxy) is 1. The molecule has 4 nitrogen and oxygen atoms in total. The minimum Gasteiger partial charge on any atom is -0.481 e. The number of halogens is 2. The van der Waals surface area contributed by atoms with Crippen LogP contribution in [0.3, 0.4) is 0 Å². The van der Waals surface area contributed by atoms with Crippen LogP contribution < -0.4 is 4.74 Å². The highest BCUT2D eigenvalue weighted by Crippen LogP contribution is 2.29. The predicted octanol–water partition coefficient (Wildman–Crippen LogP) is 2.35. The SMILES string of the molecule is CCc1ccc(CC(=O)O)c(C#N)c1OC(F)F. The third-order valence-corrected chi connectivity index (χ3v) is 2.37. The van der Waals surface area contributed by atoms with E-state index >= 15 is 0 Å². The Labute approximate surface area is 102 Å². The van der Waals surface area contributed by atoms with Gasteiger partial charge < -0.3 is 9.84 Å². The van der Waals surface area contributed by atoms with Gasteiger partial charge in [0.2, 0.25) is 0 Å². The molecule has 0 aliphatic carbocycles. The van der Waals surface area contributed by atoms with Crippen molar-refractivity contribution in [2.24, 2.45) is 0 Å². The summed E-state index contributed by atoms with van der Waals surface area (Å²) < 4.78 is 28.9. The third kappa shape index (κ3) is 3.17. The standard InChI is InChI=1S/C12H11F2NO3/c1-2-7-3-4-8(5-10(16)17)9(6-15)11(7)18-12(13)14/h3-4,12H,2,5H2,1H3,(H,16,17). The lowest BCUT2D eigenvalue weighted by Crippen LogP contribution is -2.09. The van der Waals surface area contributed by atoms with E-state index in [1.807, 2.05) is 0 Å². The van der Waals surface area contributed by atoms with E-state index in [0.29, 0.717) is 12.0 Å². The average molecular weight is 255 g/mol. The second-order valence-electron chi connectivity index (χ2n) is 3.50. The van der Waals surface area contributed by atoms with Crippen LogP contribution >= 0.6 is 0 Å². The van der Waals surface area contributed by atoms with Crippen molar-refractivity contribution in [2.45, 2.75) is 26.4 Å². The largest absolute Gasteiger partial charge is 0.481 e. The number of hydrogen-bond acceptors (Lipinski definition) is 3. The molecule has 6 heteroatoms. The Morgan fingerprint density at radius 1 is 1.50 bits per heavy atom. The van der Waals surface area contributed by atoms with E-state index in [9.17, 15) is 13.6 Å². The average Bonchev–Trinajstić information content (AvgIpc) is 2.28. The fraction of sp³-hybridized carbons (Fsp3) is 0.333. The van der Waals surface area contributed by atoms with Gasteiger partial charge in [0, 0.05) is 0 Å². The van der Waals surface area contributed by atoms with Gasteiger partial charge in [0.05, 0.1) is 12.0 Å². The van der Waals surface area contributed by atoms with Crippen molar-refractivity contribution < 1.29 is 23.4 Å². The second-order valence-corrected chi connectivity index (χ2v) is 3.50. The maximum atomic E-state index is 12.3. The topological polar surface area (TPSA) is 70.3 Å². The molecular weight excluding hydrogens is 244 g/mol. The number of carbonyl (C=O) groups is 1. The van der Waals surface area contributed by atoms with Gasteiger partial charge in [-0.25, -0.2) is 0 Å². The number of carboxylic acid groups (broad SMARTS) is 1. The van der Waals surface area contributed by atoms with E-state index in [1.54, 1.807) is 13.0 Å². The van der Waals surface area contributed by atoms with Crippen LogP contribution in [0.5, 0.6) is 5.75 Å². The predicted molar refractivity (Wildman–Crippen MR) is 58.5 cm³/mol. The van der Waals surface area contributed by atoms with Crippen molar-refractivity contribution in [2.75, 3.05) is 0 Å². The molecule has 0 unspecified atom stereocenters. The summed E-state index contributed by atoms with van der Waals surface area (Å²) in [4.78, 5) is 10.6. The molecule has 1 N–H and O–H groups in total. The Balaban J connectivity index is 3.33. The van der Waals surface area contributed by atoms with Gasteiger partial charge in [0.1, 0.15) is 11.8 Å². The molecule has 0 radical (unpaired) electrons. The van der Waals surface area contributed by atoms with E-state index in [1.165, 1.54) is 12.1 Å². The normalized spacial score (nSPS) is 10.2. The Morgan fingerprint density at radius 3 is 2.56 bits per heavy atom. The maximum Gasteiger partial charge on any atom is 0.387 e. The molecule has 1 rings (SSSR count). The lowest BCUT2D eigenvalue weighted by molar-refractivity contribution is -0.136. The van der Waals surface area contributed by atoms with Crippen molar-refractivity contribution in [3.05, 3.63) is 28.8 Å². The molecule has 0 saturated heterocycles. The zero-order valence-corrected chi connectivity index (χ0v) is 9.61. The molecule has 18 heavy (non-hydrogen) atoms. The van der Waals surface area contributed by atoms with E-state index in [4.69, 9.17) is 10.4 Å². The molecule has 1 aromatic carbocycles. The zero-order valence-electron chi connectivity index (χ0n) is 9.61. The van der Waals surface area contributed by atoms with Crippen molar-refractivity contribution in [1.82, 2.24) is 0 Å². The first kappa shape index (κ1) is 13.9. The number of hydrogen-bond donors (Lipinski definition) is 1. The number of carboxylic acids is 1. The van der Waals surface area contributed by atoms with Gasteiger partial charge in [-0.2, -0.15) is 14.0 Å². The molecule has 0 aromatic heterocycles. The summed E-state index contributed by atoms with van der Waals surface area (Å²) in [6, 6.07) is 4.67. The first-order valence-electron chi connectivity index (χ1n) is 5.21. The van der Waals surface area contributed by atoms with Crippen LogP contribution in [0.1, 0.15) is 23.6 Å². The number of alkyl halides is 2. The minimum atomic E-state index is -3.05. The first-order chi connectivity index (χ1) is 8.49. The highest BCUT2D eigenvalue weighted by Gasteiger charge is 2.18. The monoisotopic (exact) mass is 255 g/mol. The van der Waals surface area contributed by atoms with Gasteiger partial charge in [-0.15, -0.1) is 0 Å². The van der Waals surface area contributed by atoms with Crippen LogP contribution in [0, 0.1) is 11.3 Å². The summed E-state index contributed by atoms with van der Waals surface area (Å²) >= 11 is 0. The van der Waals surface area contributed by atoms with Crippen molar-refractivity contribution in [3.8, 4) is 11.8 Å². The Morgan fingerprint density at radius 2 is 2.11 bits per heavy atom. The molecule has 0 heterocycles. The number of benzene rings is 1. The van der Waals surface area contributed by atoms with Crippen LogP contribution in [0.4, 0.5) is 8.78 Å². The third-order valence-electron chi connectivity index (χ3n) is 2.37. The molecule has 0 saturated carbocycles. The lowest BCUT2D eigenvalue weighted by Gasteiger charge is -2.13. The first-order valence-corrected chi connectivity index (χ1v) is 5.21. The number of aliphatic carboxylic acids is 1. The molecule has 0 fully saturated rings. The van der Waals surface area contributed by atoms with E-state index in [0.717, 1.165) is 0 Å². The zero-order chi connectivity index (χ0) is 13.7. The van der Waals surface area contributed by atoms with Crippen LogP contribution in [-0.4, -0.2) is 17.7 Å². The van der Waals surface area contributed by atoms with Gasteiger partial charge in [-0.1, -0.05) is 19.1 Å². The maximum absolute atomic E-state index is 12.3. The number of rotatable bonds is 5. The highest BCUT2D eigenvalue weighted by molar-refractivity contribution is 5.72. The van der Waals surface area contributed by atoms with Gasteiger partial charge in [-0.3, -0.25) is 4.79 Å². The summed E-state index contributed by atoms with van der Waals surface area (Å²) in [6.45, 7) is -1.33. The molecule has 0 bridgehead atoms. The molecule has 96 valence electrons. The van der Waals surface area contributed by atoms with Crippen LogP contribution in [0.2, 0.25) is 0 Å². The summed E-state index contributed by atoms with van der Waals surface area (Å²) in [5, 5.41) is 17.7. The molecule has 0 amide bonds. The van der Waals surface area contributed by atoms with Crippen molar-refractivity contribution >= 4 is 5.97 Å². The Kier molecular flexibility index (Phi) is 4.60. The van der Waals surface area contributed by atoms with Crippen molar-refractivity contribution in [3.63, 3.8) is 0 Å². The number of nitrogens with zero attached hydrogens (tertiary/aromatic N) is 1. The van der Waals surface area contributed by atoms with Gasteiger partial charge >= 0.3 is 12.6 Å². The van der Waals surface area contributed by atoms with Crippen LogP contribution in [0.15, 0.2) is 12.1 Å². The number of nitriles is 1. The fourth-order valence-corrected chi connectivity index (χ4v) is 1.60. The van der Waals surface area contributed by atoms with Gasteiger partial charge in [0.25, 0.3) is 0 Å². The summed E-state index contributed by atoms with van der Waals surface area (Å²) in [6.07, 6.45) is -0.00340. The molecule has 0 aliphatic rings. The van der Waals surface area contributed by atoms with Crippen LogP contribution in [0.25, 0.3) is 0 Å². The summed E-state index contributed by atoms with van der Waals surface area (Å²) in [7, 11) is 0.